The zero-order valence-electron chi connectivity index (χ0n) is 15.5. The van der Waals surface area contributed by atoms with E-state index in [0.29, 0.717) is 5.69 Å². The second-order valence-corrected chi connectivity index (χ2v) is 7.49. The quantitative estimate of drug-likeness (QED) is 0.418. The number of carbonyl (C=O) groups is 1. The third-order valence-electron chi connectivity index (χ3n) is 4.65. The van der Waals surface area contributed by atoms with Crippen molar-refractivity contribution in [1.82, 2.24) is 9.78 Å². The zero-order valence-corrected chi connectivity index (χ0v) is 17.1. The molecular weight excluding hydrogens is 416 g/mol. The minimum absolute atomic E-state index is 0.283. The lowest BCUT2D eigenvalue weighted by atomic mass is 10.0. The van der Waals surface area contributed by atoms with Crippen LogP contribution in [0.5, 0.6) is 0 Å². The Hall–Kier alpha value is -3.12. The lowest BCUT2D eigenvalue weighted by Crippen LogP contribution is -2.19. The highest BCUT2D eigenvalue weighted by molar-refractivity contribution is 9.10. The molecule has 4 rings (SSSR count). The maximum absolute atomic E-state index is 12.5. The van der Waals surface area contributed by atoms with Gasteiger partial charge in [-0.15, -0.1) is 0 Å². The third-order valence-corrected chi connectivity index (χ3v) is 5.23. The number of amides is 2. The summed E-state index contributed by atoms with van der Waals surface area (Å²) in [7, 11) is 1.89. The lowest BCUT2D eigenvalue weighted by molar-refractivity contribution is 0.262. The fourth-order valence-electron chi connectivity index (χ4n) is 3.23. The molecule has 5 nitrogen and oxygen atoms in total. The van der Waals surface area contributed by atoms with Crippen molar-refractivity contribution in [3.05, 3.63) is 76.9 Å². The Morgan fingerprint density at radius 2 is 1.64 bits per heavy atom. The van der Waals surface area contributed by atoms with Crippen LogP contribution >= 0.6 is 15.9 Å². The van der Waals surface area contributed by atoms with Crippen molar-refractivity contribution in [2.45, 2.75) is 6.92 Å². The molecular formula is C22H19BrN4O. The Morgan fingerprint density at radius 1 is 0.964 bits per heavy atom. The summed E-state index contributed by atoms with van der Waals surface area (Å²) in [6, 6.07) is 19.5. The molecule has 1 heterocycles. The van der Waals surface area contributed by atoms with Gasteiger partial charge in [0.1, 0.15) is 0 Å². The summed E-state index contributed by atoms with van der Waals surface area (Å²) in [5.41, 5.74) is 4.54. The lowest BCUT2D eigenvalue weighted by Gasteiger charge is -2.12. The zero-order chi connectivity index (χ0) is 19.7. The maximum Gasteiger partial charge on any atom is 0.323 e. The fraction of sp³-hybridized carbons (Fsp3) is 0.0909. The van der Waals surface area contributed by atoms with E-state index in [9.17, 15) is 4.79 Å². The van der Waals surface area contributed by atoms with Gasteiger partial charge < -0.3 is 10.6 Å². The van der Waals surface area contributed by atoms with Gasteiger partial charge in [0, 0.05) is 24.0 Å². The van der Waals surface area contributed by atoms with Gasteiger partial charge in [0.05, 0.1) is 16.4 Å². The van der Waals surface area contributed by atoms with Gasteiger partial charge in [0.2, 0.25) is 0 Å². The van der Waals surface area contributed by atoms with E-state index in [2.05, 4.69) is 31.7 Å². The highest BCUT2D eigenvalue weighted by Gasteiger charge is 2.13. The number of carbonyl (C=O) groups excluding carboxylic acids is 1. The van der Waals surface area contributed by atoms with Crippen molar-refractivity contribution in [2.75, 3.05) is 10.6 Å². The van der Waals surface area contributed by atoms with Crippen molar-refractivity contribution >= 4 is 44.1 Å². The second-order valence-electron chi connectivity index (χ2n) is 6.64. The molecule has 140 valence electrons. The maximum atomic E-state index is 12.5. The normalized spacial score (nSPS) is 10.8. The van der Waals surface area contributed by atoms with Crippen LogP contribution in [-0.4, -0.2) is 15.8 Å². The number of rotatable bonds is 3. The molecule has 0 radical (unpaired) electrons. The highest BCUT2D eigenvalue weighted by Crippen LogP contribution is 2.32. The van der Waals surface area contributed by atoms with E-state index < -0.39 is 0 Å². The molecule has 0 bridgehead atoms. The topological polar surface area (TPSA) is 59.0 Å². The molecule has 6 heteroatoms. The van der Waals surface area contributed by atoms with Gasteiger partial charge in [0.15, 0.2) is 0 Å². The fourth-order valence-corrected chi connectivity index (χ4v) is 3.79. The molecule has 0 aliphatic heterocycles. The SMILES string of the molecule is Cc1ccc(NC(=O)Nc2ccc3ccccc3c2)cc1-c1c(Br)cnn1C. The molecule has 0 saturated carbocycles. The summed E-state index contributed by atoms with van der Waals surface area (Å²) >= 11 is 3.54. The number of benzene rings is 3. The van der Waals surface area contributed by atoms with E-state index in [1.54, 1.807) is 6.20 Å². The smallest absolute Gasteiger partial charge is 0.308 e. The van der Waals surface area contributed by atoms with Crippen molar-refractivity contribution in [2.24, 2.45) is 7.05 Å². The molecule has 2 N–H and O–H groups in total. The Kier molecular flexibility index (Phi) is 4.88. The minimum Gasteiger partial charge on any atom is -0.308 e. The number of anilines is 2. The van der Waals surface area contributed by atoms with Gasteiger partial charge in [-0.2, -0.15) is 5.10 Å². The molecule has 0 atom stereocenters. The molecule has 2 amide bonds. The van der Waals surface area contributed by atoms with E-state index in [0.717, 1.165) is 37.8 Å². The predicted octanol–water partition coefficient (Wildman–Crippen LogP) is 5.96. The predicted molar refractivity (Wildman–Crippen MR) is 118 cm³/mol. The minimum atomic E-state index is -0.283. The van der Waals surface area contributed by atoms with Crippen LogP contribution in [0.4, 0.5) is 16.2 Å². The average molecular weight is 435 g/mol. The molecule has 0 fully saturated rings. The summed E-state index contributed by atoms with van der Waals surface area (Å²) in [4.78, 5) is 12.5. The molecule has 0 aliphatic rings. The number of nitrogens with zero attached hydrogens (tertiary/aromatic N) is 2. The molecule has 4 aromatic rings. The van der Waals surface area contributed by atoms with Gasteiger partial charge in [-0.05, 0) is 63.5 Å². The average Bonchev–Trinajstić information content (AvgIpc) is 3.01. The number of hydrogen-bond donors (Lipinski definition) is 2. The first-order valence-corrected chi connectivity index (χ1v) is 9.66. The van der Waals surface area contributed by atoms with Gasteiger partial charge in [0.25, 0.3) is 0 Å². The van der Waals surface area contributed by atoms with Crippen LogP contribution in [0.1, 0.15) is 5.56 Å². The number of halogens is 1. The monoisotopic (exact) mass is 434 g/mol. The Labute approximate surface area is 171 Å². The third kappa shape index (κ3) is 3.64. The first kappa shape index (κ1) is 18.3. The number of aryl methyl sites for hydroxylation is 2. The van der Waals surface area contributed by atoms with Crippen LogP contribution in [0.15, 0.2) is 71.3 Å². The van der Waals surface area contributed by atoms with Crippen molar-refractivity contribution in [3.8, 4) is 11.3 Å². The van der Waals surface area contributed by atoms with E-state index in [4.69, 9.17) is 0 Å². The number of fused-ring (bicyclic) bond motifs is 1. The van der Waals surface area contributed by atoms with E-state index in [1.807, 2.05) is 79.3 Å². The van der Waals surface area contributed by atoms with Crippen LogP contribution < -0.4 is 10.6 Å². The molecule has 1 aromatic heterocycles. The van der Waals surface area contributed by atoms with Gasteiger partial charge in [-0.3, -0.25) is 4.68 Å². The van der Waals surface area contributed by atoms with Crippen LogP contribution in [-0.2, 0) is 7.05 Å². The van der Waals surface area contributed by atoms with Crippen LogP contribution in [0.2, 0.25) is 0 Å². The van der Waals surface area contributed by atoms with E-state index in [1.165, 1.54) is 0 Å². The number of urea groups is 1. The Balaban J connectivity index is 1.55. The van der Waals surface area contributed by atoms with Gasteiger partial charge in [-0.1, -0.05) is 36.4 Å². The summed E-state index contributed by atoms with van der Waals surface area (Å²) < 4.78 is 2.72. The summed E-state index contributed by atoms with van der Waals surface area (Å²) in [5.74, 6) is 0. The Morgan fingerprint density at radius 3 is 2.36 bits per heavy atom. The molecule has 3 aromatic carbocycles. The van der Waals surface area contributed by atoms with E-state index in [-0.39, 0.29) is 6.03 Å². The summed E-state index contributed by atoms with van der Waals surface area (Å²) in [5, 5.41) is 12.3. The number of nitrogens with one attached hydrogen (secondary N) is 2. The van der Waals surface area contributed by atoms with Crippen molar-refractivity contribution in [1.29, 1.82) is 0 Å². The Bertz CT molecular complexity index is 1160. The molecule has 28 heavy (non-hydrogen) atoms. The van der Waals surface area contributed by atoms with Crippen LogP contribution in [0.3, 0.4) is 0 Å². The number of hydrogen-bond acceptors (Lipinski definition) is 2. The van der Waals surface area contributed by atoms with Crippen LogP contribution in [0, 0.1) is 6.92 Å². The highest BCUT2D eigenvalue weighted by atomic mass is 79.9. The second kappa shape index (κ2) is 7.48. The molecule has 0 unspecified atom stereocenters. The first-order valence-electron chi connectivity index (χ1n) is 8.86. The standard InChI is InChI=1S/C22H19BrN4O/c1-14-7-9-18(12-19(14)21-20(23)13-24-27(21)2)26-22(28)25-17-10-8-15-5-3-4-6-16(15)11-17/h3-13H,1-2H3,(H2,25,26,28). The molecule has 0 aliphatic carbocycles. The van der Waals surface area contributed by atoms with E-state index >= 15 is 0 Å². The summed E-state index contributed by atoms with van der Waals surface area (Å²) in [6.45, 7) is 2.04. The summed E-state index contributed by atoms with van der Waals surface area (Å²) in [6.07, 6.45) is 1.77. The van der Waals surface area contributed by atoms with Gasteiger partial charge >= 0.3 is 6.03 Å². The number of aromatic nitrogens is 2. The largest absolute Gasteiger partial charge is 0.323 e. The first-order chi connectivity index (χ1) is 13.5. The van der Waals surface area contributed by atoms with Gasteiger partial charge in [-0.25, -0.2) is 4.79 Å². The van der Waals surface area contributed by atoms with Crippen LogP contribution in [0.25, 0.3) is 22.0 Å². The molecule has 0 saturated heterocycles. The molecule has 0 spiro atoms. The van der Waals surface area contributed by atoms with Crippen molar-refractivity contribution in [3.63, 3.8) is 0 Å². The van der Waals surface area contributed by atoms with Crippen molar-refractivity contribution < 1.29 is 4.79 Å².